The molecule has 0 saturated heterocycles. The number of nitrogens with zero attached hydrogens (tertiary/aromatic N) is 1. The molecule has 1 N–H and O–H groups in total. The van der Waals surface area contributed by atoms with Crippen LogP contribution in [0.5, 0.6) is 0 Å². The predicted molar refractivity (Wildman–Crippen MR) is 62.3 cm³/mol. The fourth-order valence-corrected chi connectivity index (χ4v) is 1.82. The zero-order valence-electron chi connectivity index (χ0n) is 9.50. The molecule has 1 aliphatic rings. The molecule has 0 unspecified atom stereocenters. The number of hydrogen-bond donors (Lipinski definition) is 1. The molecule has 1 aromatic carbocycles. The van der Waals surface area contributed by atoms with Crippen molar-refractivity contribution in [2.45, 2.75) is 31.8 Å². The van der Waals surface area contributed by atoms with Crippen molar-refractivity contribution in [1.29, 1.82) is 0 Å². The van der Waals surface area contributed by atoms with E-state index in [1.54, 1.807) is 4.90 Å². The second-order valence-electron chi connectivity index (χ2n) is 4.31. The van der Waals surface area contributed by atoms with Crippen LogP contribution in [0.3, 0.4) is 0 Å². The average molecular weight is 233 g/mol. The van der Waals surface area contributed by atoms with Crippen LogP contribution in [0.25, 0.3) is 0 Å². The van der Waals surface area contributed by atoms with E-state index in [0.29, 0.717) is 6.54 Å². The Labute approximate surface area is 99.9 Å². The predicted octanol–water partition coefficient (Wildman–Crippen LogP) is 1.65. The van der Waals surface area contributed by atoms with Gasteiger partial charge in [-0.3, -0.25) is 9.59 Å². The van der Waals surface area contributed by atoms with E-state index >= 15 is 0 Å². The number of benzene rings is 1. The number of amides is 1. The monoisotopic (exact) mass is 233 g/mol. The Balaban J connectivity index is 2.03. The summed E-state index contributed by atoms with van der Waals surface area (Å²) in [6.45, 7) is 0.512. The van der Waals surface area contributed by atoms with Crippen molar-refractivity contribution in [1.82, 2.24) is 4.90 Å². The molecule has 2 rings (SSSR count). The minimum absolute atomic E-state index is 0.238. The van der Waals surface area contributed by atoms with Crippen molar-refractivity contribution in [3.63, 3.8) is 0 Å². The lowest BCUT2D eigenvalue weighted by Crippen LogP contribution is -2.33. The van der Waals surface area contributed by atoms with Crippen molar-refractivity contribution < 1.29 is 14.7 Å². The molecule has 1 amide bonds. The highest BCUT2D eigenvalue weighted by atomic mass is 16.4. The van der Waals surface area contributed by atoms with Gasteiger partial charge < -0.3 is 10.0 Å². The zero-order chi connectivity index (χ0) is 12.3. The van der Waals surface area contributed by atoms with Crippen LogP contribution in [-0.4, -0.2) is 27.9 Å². The van der Waals surface area contributed by atoms with Gasteiger partial charge in [-0.1, -0.05) is 30.3 Å². The lowest BCUT2D eigenvalue weighted by atomic mass is 10.2. The summed E-state index contributed by atoms with van der Waals surface area (Å²) in [7, 11) is 0. The Morgan fingerprint density at radius 2 is 1.88 bits per heavy atom. The van der Waals surface area contributed by atoms with Crippen LogP contribution in [-0.2, 0) is 16.1 Å². The third kappa shape index (κ3) is 3.31. The molecule has 0 spiro atoms. The van der Waals surface area contributed by atoms with Gasteiger partial charge in [-0.2, -0.15) is 0 Å². The highest BCUT2D eigenvalue weighted by Crippen LogP contribution is 2.28. The second kappa shape index (κ2) is 4.99. The quantitative estimate of drug-likeness (QED) is 0.787. The van der Waals surface area contributed by atoms with E-state index < -0.39 is 12.4 Å². The Morgan fingerprint density at radius 1 is 1.24 bits per heavy atom. The molecule has 0 atom stereocenters. The summed E-state index contributed by atoms with van der Waals surface area (Å²) in [4.78, 5) is 24.0. The van der Waals surface area contributed by atoms with Crippen molar-refractivity contribution in [3.05, 3.63) is 35.9 Å². The van der Waals surface area contributed by atoms with Crippen molar-refractivity contribution in [2.75, 3.05) is 0 Å². The van der Waals surface area contributed by atoms with E-state index in [1.165, 1.54) is 0 Å². The molecule has 0 heterocycles. The molecule has 90 valence electrons. The van der Waals surface area contributed by atoms with Gasteiger partial charge in [0.15, 0.2) is 0 Å². The summed E-state index contributed by atoms with van der Waals surface area (Å²) in [5.41, 5.74) is 1.04. The molecular weight excluding hydrogens is 218 g/mol. The topological polar surface area (TPSA) is 57.6 Å². The first-order valence-electron chi connectivity index (χ1n) is 5.72. The van der Waals surface area contributed by atoms with E-state index in [-0.39, 0.29) is 11.9 Å². The Bertz CT molecular complexity index is 412. The summed E-state index contributed by atoms with van der Waals surface area (Å²) in [6.07, 6.45) is 1.56. The third-order valence-corrected chi connectivity index (χ3v) is 2.81. The lowest BCUT2D eigenvalue weighted by molar-refractivity contribution is -0.144. The van der Waals surface area contributed by atoms with Crippen LogP contribution in [0.1, 0.15) is 24.8 Å². The minimum Gasteiger partial charge on any atom is -0.481 e. The first kappa shape index (κ1) is 11.6. The number of carboxylic acid groups (broad SMARTS) is 1. The van der Waals surface area contributed by atoms with Gasteiger partial charge in [-0.05, 0) is 18.4 Å². The average Bonchev–Trinajstić information content (AvgIpc) is 3.10. The molecule has 0 aliphatic heterocycles. The molecule has 0 aromatic heterocycles. The zero-order valence-corrected chi connectivity index (χ0v) is 9.50. The highest BCUT2D eigenvalue weighted by Gasteiger charge is 2.33. The van der Waals surface area contributed by atoms with Crippen LogP contribution in [0.15, 0.2) is 30.3 Å². The number of hydrogen-bond acceptors (Lipinski definition) is 2. The summed E-state index contributed by atoms with van der Waals surface area (Å²) >= 11 is 0. The molecule has 1 aliphatic carbocycles. The maximum atomic E-state index is 11.8. The summed E-state index contributed by atoms with van der Waals surface area (Å²) in [5.74, 6) is -1.35. The smallest absolute Gasteiger partial charge is 0.312 e. The normalized spacial score (nSPS) is 14.4. The first-order chi connectivity index (χ1) is 8.16. The van der Waals surface area contributed by atoms with Crippen LogP contribution < -0.4 is 0 Å². The maximum absolute atomic E-state index is 11.8. The SMILES string of the molecule is O=C(O)CC(=O)N(Cc1ccccc1)C1CC1. The maximum Gasteiger partial charge on any atom is 0.312 e. The van der Waals surface area contributed by atoms with E-state index in [4.69, 9.17) is 5.11 Å². The molecule has 1 saturated carbocycles. The van der Waals surface area contributed by atoms with Gasteiger partial charge in [0.25, 0.3) is 0 Å². The van der Waals surface area contributed by atoms with Gasteiger partial charge >= 0.3 is 5.97 Å². The molecule has 4 nitrogen and oxygen atoms in total. The highest BCUT2D eigenvalue weighted by molar-refractivity contribution is 5.93. The lowest BCUT2D eigenvalue weighted by Gasteiger charge is -2.21. The largest absolute Gasteiger partial charge is 0.481 e. The van der Waals surface area contributed by atoms with Gasteiger partial charge in [-0.15, -0.1) is 0 Å². The molecule has 17 heavy (non-hydrogen) atoms. The van der Waals surface area contributed by atoms with Gasteiger partial charge in [0.2, 0.25) is 5.91 Å². The number of carboxylic acids is 1. The van der Waals surface area contributed by atoms with Gasteiger partial charge in [0.05, 0.1) is 0 Å². The van der Waals surface area contributed by atoms with Crippen molar-refractivity contribution in [2.24, 2.45) is 0 Å². The molecule has 0 radical (unpaired) electrons. The fraction of sp³-hybridized carbons (Fsp3) is 0.385. The number of rotatable bonds is 5. The number of carbonyl (C=O) groups is 2. The van der Waals surface area contributed by atoms with E-state index in [1.807, 2.05) is 30.3 Å². The fourth-order valence-electron chi connectivity index (χ4n) is 1.82. The summed E-state index contributed by atoms with van der Waals surface area (Å²) in [5, 5.41) is 8.65. The number of aliphatic carboxylic acids is 1. The Morgan fingerprint density at radius 3 is 2.41 bits per heavy atom. The van der Waals surface area contributed by atoms with E-state index in [9.17, 15) is 9.59 Å². The van der Waals surface area contributed by atoms with Gasteiger partial charge in [-0.25, -0.2) is 0 Å². The van der Waals surface area contributed by atoms with Crippen LogP contribution in [0.4, 0.5) is 0 Å². The molecule has 1 aromatic rings. The standard InChI is InChI=1S/C13H15NO3/c15-12(8-13(16)17)14(11-6-7-11)9-10-4-2-1-3-5-10/h1-5,11H,6-9H2,(H,16,17). The number of carbonyl (C=O) groups excluding carboxylic acids is 1. The van der Waals surface area contributed by atoms with Crippen molar-refractivity contribution in [3.8, 4) is 0 Å². The van der Waals surface area contributed by atoms with Gasteiger partial charge in [0, 0.05) is 12.6 Å². The molecular formula is C13H15NO3. The Hall–Kier alpha value is -1.84. The van der Waals surface area contributed by atoms with Gasteiger partial charge in [0.1, 0.15) is 6.42 Å². The summed E-state index contributed by atoms with van der Waals surface area (Å²) < 4.78 is 0. The van der Waals surface area contributed by atoms with Crippen LogP contribution >= 0.6 is 0 Å². The molecule has 0 bridgehead atoms. The van der Waals surface area contributed by atoms with Crippen LogP contribution in [0.2, 0.25) is 0 Å². The molecule has 4 heteroatoms. The van der Waals surface area contributed by atoms with Crippen LogP contribution in [0, 0.1) is 0 Å². The third-order valence-electron chi connectivity index (χ3n) is 2.81. The molecule has 1 fully saturated rings. The Kier molecular flexibility index (Phi) is 3.42. The summed E-state index contributed by atoms with van der Waals surface area (Å²) in [6, 6.07) is 9.89. The minimum atomic E-state index is -1.06. The van der Waals surface area contributed by atoms with E-state index in [0.717, 1.165) is 18.4 Å². The van der Waals surface area contributed by atoms with Crippen molar-refractivity contribution >= 4 is 11.9 Å². The van der Waals surface area contributed by atoms with E-state index in [2.05, 4.69) is 0 Å². The first-order valence-corrected chi connectivity index (χ1v) is 5.72. The second-order valence-corrected chi connectivity index (χ2v) is 4.31.